The van der Waals surface area contributed by atoms with Crippen LogP contribution in [0.1, 0.15) is 36.5 Å². The summed E-state index contributed by atoms with van der Waals surface area (Å²) in [7, 11) is 2.07. The molecule has 3 atom stereocenters. The quantitative estimate of drug-likeness (QED) is 0.276. The van der Waals surface area contributed by atoms with Crippen LogP contribution in [0.5, 0.6) is 5.88 Å². The zero-order valence-corrected chi connectivity index (χ0v) is 25.4. The molecule has 3 aliphatic rings. The van der Waals surface area contributed by atoms with Crippen molar-refractivity contribution in [3.8, 4) is 23.1 Å². The van der Waals surface area contributed by atoms with Gasteiger partial charge >= 0.3 is 0 Å². The van der Waals surface area contributed by atoms with Crippen LogP contribution in [0.15, 0.2) is 43.0 Å². The van der Waals surface area contributed by atoms with Gasteiger partial charge in [0.1, 0.15) is 30.1 Å². The minimum absolute atomic E-state index is 0.106. The predicted octanol–water partition coefficient (Wildman–Crippen LogP) is 5.24. The summed E-state index contributed by atoms with van der Waals surface area (Å²) < 4.78 is 22.5. The average Bonchev–Trinajstić information content (AvgIpc) is 3.62. The first-order valence-corrected chi connectivity index (χ1v) is 15.4. The Morgan fingerprint density at radius 2 is 2.09 bits per heavy atom. The second-order valence-electron chi connectivity index (χ2n) is 12.3. The SMILES string of the molecule is [C-]#[N+]C[C@H]1CN(c2c(C#N)c(OC[C@@H]3CCCN3C)nc3cc(-c4cccc5c4CC(C)C5)c(F)cc23)CCN1C(=O)C=C. The number of nitriles is 1. The molecule has 8 nitrogen and oxygen atoms in total. The van der Waals surface area contributed by atoms with Crippen LogP contribution in [0, 0.1) is 29.6 Å². The van der Waals surface area contributed by atoms with E-state index in [0.717, 1.165) is 37.8 Å². The summed E-state index contributed by atoms with van der Waals surface area (Å²) in [6.45, 7) is 15.9. The molecule has 3 aromatic rings. The van der Waals surface area contributed by atoms with E-state index in [2.05, 4.69) is 42.4 Å². The number of pyridine rings is 1. The number of carbonyl (C=O) groups excluding carboxylic acids is 1. The number of fused-ring (bicyclic) bond motifs is 2. The fourth-order valence-electron chi connectivity index (χ4n) is 7.19. The molecule has 0 radical (unpaired) electrons. The van der Waals surface area contributed by atoms with E-state index in [1.54, 1.807) is 11.0 Å². The Morgan fingerprint density at radius 3 is 2.82 bits per heavy atom. The van der Waals surface area contributed by atoms with Gasteiger partial charge in [-0.1, -0.05) is 31.7 Å². The van der Waals surface area contributed by atoms with Gasteiger partial charge in [-0.05, 0) is 80.1 Å². The number of aromatic nitrogens is 1. The van der Waals surface area contributed by atoms with Crippen molar-refractivity contribution in [2.24, 2.45) is 5.92 Å². The van der Waals surface area contributed by atoms with E-state index in [1.165, 1.54) is 23.3 Å². The van der Waals surface area contributed by atoms with Gasteiger partial charge in [0, 0.05) is 36.6 Å². The predicted molar refractivity (Wildman–Crippen MR) is 169 cm³/mol. The van der Waals surface area contributed by atoms with E-state index in [4.69, 9.17) is 16.3 Å². The number of anilines is 1. The van der Waals surface area contributed by atoms with E-state index < -0.39 is 6.04 Å². The molecule has 9 heteroatoms. The number of hydrogen-bond donors (Lipinski definition) is 0. The molecule has 2 aromatic carbocycles. The molecular weight excluding hydrogens is 555 g/mol. The molecule has 1 amide bonds. The van der Waals surface area contributed by atoms with Crippen LogP contribution in [0.3, 0.4) is 0 Å². The van der Waals surface area contributed by atoms with Gasteiger partial charge in [0.15, 0.2) is 0 Å². The summed E-state index contributed by atoms with van der Waals surface area (Å²) >= 11 is 0. The summed E-state index contributed by atoms with van der Waals surface area (Å²) in [6, 6.07) is 11.5. The Hall–Kier alpha value is -4.47. The van der Waals surface area contributed by atoms with Crippen LogP contribution in [0.25, 0.3) is 26.9 Å². The molecule has 2 saturated heterocycles. The molecule has 1 aromatic heterocycles. The van der Waals surface area contributed by atoms with Crippen molar-refractivity contribution in [1.82, 2.24) is 14.8 Å². The Morgan fingerprint density at radius 1 is 1.25 bits per heavy atom. The molecule has 3 heterocycles. The summed E-state index contributed by atoms with van der Waals surface area (Å²) in [6.07, 6.45) is 5.23. The largest absolute Gasteiger partial charge is 0.475 e. The van der Waals surface area contributed by atoms with Crippen molar-refractivity contribution < 1.29 is 13.9 Å². The maximum atomic E-state index is 16.2. The number of piperazine rings is 1. The third-order valence-electron chi connectivity index (χ3n) is 9.45. The molecule has 0 spiro atoms. The molecule has 0 saturated carbocycles. The molecule has 6 rings (SSSR count). The molecule has 1 aliphatic carbocycles. The van der Waals surface area contributed by atoms with Crippen LogP contribution < -0.4 is 9.64 Å². The van der Waals surface area contributed by atoms with Gasteiger partial charge in [0.05, 0.1) is 11.2 Å². The first-order chi connectivity index (χ1) is 21.3. The van der Waals surface area contributed by atoms with E-state index in [9.17, 15) is 10.1 Å². The monoisotopic (exact) mass is 592 g/mol. The lowest BCUT2D eigenvalue weighted by molar-refractivity contribution is -0.128. The number of benzene rings is 2. The second kappa shape index (κ2) is 12.3. The van der Waals surface area contributed by atoms with Gasteiger partial charge in [0.2, 0.25) is 18.3 Å². The molecular formula is C35H37FN6O2. The van der Waals surface area contributed by atoms with Crippen LogP contribution in [-0.2, 0) is 17.6 Å². The third-order valence-corrected chi connectivity index (χ3v) is 9.45. The topological polar surface area (TPSA) is 77.1 Å². The number of hydrogen-bond acceptors (Lipinski definition) is 6. The maximum absolute atomic E-state index is 16.2. The molecule has 1 unspecified atom stereocenters. The highest BCUT2D eigenvalue weighted by Crippen LogP contribution is 2.41. The number of nitrogens with zero attached hydrogens (tertiary/aromatic N) is 6. The summed E-state index contributed by atoms with van der Waals surface area (Å²) in [5, 5.41) is 11.0. The van der Waals surface area contributed by atoms with E-state index in [0.29, 0.717) is 54.3 Å². The molecule has 0 bridgehead atoms. The smallest absolute Gasteiger partial charge is 0.246 e. The van der Waals surface area contributed by atoms with Gasteiger partial charge in [0.25, 0.3) is 0 Å². The molecule has 226 valence electrons. The first-order valence-electron chi connectivity index (χ1n) is 15.4. The van der Waals surface area contributed by atoms with Crippen molar-refractivity contribution in [3.63, 3.8) is 0 Å². The Kier molecular flexibility index (Phi) is 8.25. The maximum Gasteiger partial charge on any atom is 0.246 e. The molecule has 2 fully saturated rings. The number of amides is 1. The van der Waals surface area contributed by atoms with Gasteiger partial charge in [-0.2, -0.15) is 5.26 Å². The second-order valence-corrected chi connectivity index (χ2v) is 12.3. The minimum atomic E-state index is -0.406. The summed E-state index contributed by atoms with van der Waals surface area (Å²) in [4.78, 5) is 26.9. The van der Waals surface area contributed by atoms with Crippen LogP contribution in [0.4, 0.5) is 10.1 Å². The lowest BCUT2D eigenvalue weighted by Gasteiger charge is -2.40. The Balaban J connectivity index is 1.49. The van der Waals surface area contributed by atoms with Gasteiger partial charge in [-0.25, -0.2) is 15.9 Å². The van der Waals surface area contributed by atoms with Gasteiger partial charge in [-0.3, -0.25) is 4.79 Å². The minimum Gasteiger partial charge on any atom is -0.475 e. The average molecular weight is 593 g/mol. The van der Waals surface area contributed by atoms with Crippen molar-refractivity contribution in [2.45, 2.75) is 44.7 Å². The lowest BCUT2D eigenvalue weighted by atomic mass is 9.94. The number of rotatable bonds is 7. The lowest BCUT2D eigenvalue weighted by Crippen LogP contribution is -2.56. The van der Waals surface area contributed by atoms with Gasteiger partial charge in [-0.15, -0.1) is 0 Å². The number of ether oxygens (including phenoxy) is 1. The van der Waals surface area contributed by atoms with Crippen molar-refractivity contribution in [2.75, 3.05) is 51.3 Å². The van der Waals surface area contributed by atoms with E-state index in [-0.39, 0.29) is 35.8 Å². The zero-order valence-electron chi connectivity index (χ0n) is 25.4. The van der Waals surface area contributed by atoms with Crippen LogP contribution in [0.2, 0.25) is 0 Å². The van der Waals surface area contributed by atoms with Crippen molar-refractivity contribution >= 4 is 22.5 Å². The number of carbonyl (C=O) groups is 1. The Labute approximate surface area is 258 Å². The van der Waals surface area contributed by atoms with E-state index >= 15 is 4.39 Å². The highest BCUT2D eigenvalue weighted by Gasteiger charge is 2.35. The highest BCUT2D eigenvalue weighted by atomic mass is 19.1. The van der Waals surface area contributed by atoms with Crippen molar-refractivity contribution in [3.05, 3.63) is 76.9 Å². The third kappa shape index (κ3) is 5.37. The zero-order chi connectivity index (χ0) is 31.0. The van der Waals surface area contributed by atoms with Crippen LogP contribution in [-0.4, -0.2) is 79.2 Å². The standard InChI is InChI=1S/C35H37FN6O2/c1-5-33(43)42-13-12-41(20-25(42)19-38-3)34-29-16-31(36)28(26-10-6-8-23-14-22(2)15-27(23)26)17-32(29)39-35(30(34)18-37)44-21-24-9-7-11-40(24)4/h5-6,8,10,16-17,22,24-25H,1,7,9,11-15,19-21H2,2,4H3/t22?,24-,25-/m0/s1. The number of halogens is 1. The fraction of sp³-hybridized carbons (Fsp3) is 0.429. The fourth-order valence-corrected chi connectivity index (χ4v) is 7.19. The van der Waals surface area contributed by atoms with Crippen LogP contribution >= 0.6 is 0 Å². The highest BCUT2D eigenvalue weighted by molar-refractivity contribution is 5.98. The Bertz CT molecular complexity index is 1710. The molecule has 0 N–H and O–H groups in total. The molecule has 44 heavy (non-hydrogen) atoms. The first kappa shape index (κ1) is 29.6. The summed E-state index contributed by atoms with van der Waals surface area (Å²) in [5.74, 6) is 0.118. The number of likely N-dealkylation sites (tertiary alicyclic amines) is 1. The number of likely N-dealkylation sites (N-methyl/N-ethyl adjacent to an activating group) is 1. The van der Waals surface area contributed by atoms with Crippen molar-refractivity contribution in [1.29, 1.82) is 5.26 Å². The summed E-state index contributed by atoms with van der Waals surface area (Å²) in [5.41, 5.74) is 5.11. The normalized spacial score (nSPS) is 21.6. The molecule has 2 aliphatic heterocycles. The van der Waals surface area contributed by atoms with Gasteiger partial charge < -0.3 is 24.3 Å². The van der Waals surface area contributed by atoms with E-state index in [1.807, 2.05) is 17.0 Å².